The number of ether oxygens (including phenoxy) is 1. The number of fused-ring (bicyclic) bond motifs is 1. The number of carbonyl (C=O) groups is 1. The molecule has 1 aliphatic carbocycles. The molecule has 0 aromatic rings. The molecule has 0 spiro atoms. The first-order chi connectivity index (χ1) is 5.79. The quantitative estimate of drug-likeness (QED) is 0.535. The van der Waals surface area contributed by atoms with E-state index in [9.17, 15) is 4.79 Å². The Kier molecular flexibility index (Phi) is 1.77. The fourth-order valence-corrected chi connectivity index (χ4v) is 1.53. The van der Waals surface area contributed by atoms with Crippen LogP contribution in [-0.2, 0) is 9.53 Å². The van der Waals surface area contributed by atoms with E-state index in [0.29, 0.717) is 6.42 Å². The molecule has 2 nitrogen and oxygen atoms in total. The zero-order chi connectivity index (χ0) is 8.55. The number of halogens is 1. The molecule has 12 heavy (non-hydrogen) atoms. The van der Waals surface area contributed by atoms with E-state index >= 15 is 0 Å². The van der Waals surface area contributed by atoms with Crippen molar-refractivity contribution in [3.05, 3.63) is 34.9 Å². The van der Waals surface area contributed by atoms with Crippen LogP contribution in [0.15, 0.2) is 34.9 Å². The fourth-order valence-electron chi connectivity index (χ4n) is 1.30. The van der Waals surface area contributed by atoms with Gasteiger partial charge >= 0.3 is 5.97 Å². The third-order valence-corrected chi connectivity index (χ3v) is 2.27. The second kappa shape index (κ2) is 2.79. The van der Waals surface area contributed by atoms with Gasteiger partial charge in [-0.15, -0.1) is 0 Å². The summed E-state index contributed by atoms with van der Waals surface area (Å²) < 4.78 is 5.01. The van der Waals surface area contributed by atoms with Crippen LogP contribution in [0.1, 0.15) is 6.42 Å². The van der Waals surface area contributed by atoms with Gasteiger partial charge in [-0.25, -0.2) is 4.79 Å². The van der Waals surface area contributed by atoms with E-state index in [4.69, 9.17) is 16.3 Å². The van der Waals surface area contributed by atoms with Crippen LogP contribution in [0, 0.1) is 0 Å². The lowest BCUT2D eigenvalue weighted by molar-refractivity contribution is -0.138. The summed E-state index contributed by atoms with van der Waals surface area (Å²) in [5, 5.41) is 0.222. The number of esters is 1. The molecule has 0 radical (unpaired) electrons. The molecule has 1 atom stereocenters. The molecule has 1 heterocycles. The number of rotatable bonds is 0. The van der Waals surface area contributed by atoms with E-state index in [-0.39, 0.29) is 11.1 Å². The Bertz CT molecular complexity index is 312. The molecule has 0 saturated carbocycles. The highest BCUT2D eigenvalue weighted by Gasteiger charge is 2.30. The number of hydrogen-bond donors (Lipinski definition) is 0. The summed E-state index contributed by atoms with van der Waals surface area (Å²) in [7, 11) is 0. The zero-order valence-electron chi connectivity index (χ0n) is 6.29. The summed E-state index contributed by atoms with van der Waals surface area (Å²) in [6.45, 7) is 0. The largest absolute Gasteiger partial charge is 0.453 e. The van der Waals surface area contributed by atoms with Gasteiger partial charge in [-0.2, -0.15) is 0 Å². The lowest BCUT2D eigenvalue weighted by Crippen LogP contribution is -2.08. The van der Waals surface area contributed by atoms with Crippen LogP contribution in [0.2, 0.25) is 0 Å². The van der Waals surface area contributed by atoms with Crippen molar-refractivity contribution >= 4 is 17.6 Å². The minimum absolute atomic E-state index is 0.167. The molecule has 2 rings (SSSR count). The van der Waals surface area contributed by atoms with E-state index in [1.807, 2.05) is 24.3 Å². The molecule has 0 amide bonds. The Morgan fingerprint density at radius 3 is 3.17 bits per heavy atom. The van der Waals surface area contributed by atoms with Gasteiger partial charge < -0.3 is 4.74 Å². The third kappa shape index (κ3) is 1.08. The van der Waals surface area contributed by atoms with Crippen LogP contribution in [-0.4, -0.2) is 12.1 Å². The Hall–Kier alpha value is -1.02. The molecular weight excluding hydrogens is 176 g/mol. The van der Waals surface area contributed by atoms with Gasteiger partial charge in [0.05, 0.1) is 0 Å². The predicted octanol–water partition coefficient (Wildman–Crippen LogP) is 1.92. The van der Waals surface area contributed by atoms with Crippen molar-refractivity contribution < 1.29 is 9.53 Å². The molecular formula is C9H7ClO2. The minimum atomic E-state index is -0.406. The zero-order valence-corrected chi connectivity index (χ0v) is 7.04. The molecule has 0 aromatic heterocycles. The van der Waals surface area contributed by atoms with E-state index < -0.39 is 5.97 Å². The Morgan fingerprint density at radius 2 is 2.33 bits per heavy atom. The first-order valence-electron chi connectivity index (χ1n) is 3.73. The molecule has 0 N–H and O–H groups in total. The number of carbonyl (C=O) groups excluding carboxylic acids is 1. The topological polar surface area (TPSA) is 26.3 Å². The second-order valence-electron chi connectivity index (χ2n) is 2.69. The van der Waals surface area contributed by atoms with Crippen molar-refractivity contribution in [1.82, 2.24) is 0 Å². The van der Waals surface area contributed by atoms with Crippen LogP contribution in [0.5, 0.6) is 0 Å². The first kappa shape index (κ1) is 7.62. The van der Waals surface area contributed by atoms with Gasteiger partial charge in [-0.05, 0) is 0 Å². The van der Waals surface area contributed by atoms with Crippen LogP contribution in [0.4, 0.5) is 0 Å². The maximum absolute atomic E-state index is 11.0. The SMILES string of the molecule is O=C1OC2CC=CC=CC2=C1Cl. The van der Waals surface area contributed by atoms with Crippen molar-refractivity contribution in [2.24, 2.45) is 0 Å². The van der Waals surface area contributed by atoms with Crippen molar-refractivity contribution in [1.29, 1.82) is 0 Å². The highest BCUT2D eigenvalue weighted by molar-refractivity contribution is 6.42. The van der Waals surface area contributed by atoms with Gasteiger partial charge in [0.2, 0.25) is 0 Å². The summed E-state index contributed by atoms with van der Waals surface area (Å²) in [5.74, 6) is -0.406. The van der Waals surface area contributed by atoms with Gasteiger partial charge in [0.1, 0.15) is 11.1 Å². The normalized spacial score (nSPS) is 27.1. The number of hydrogen-bond acceptors (Lipinski definition) is 2. The molecule has 0 aromatic carbocycles. The predicted molar refractivity (Wildman–Crippen MR) is 45.7 cm³/mol. The van der Waals surface area contributed by atoms with Crippen LogP contribution < -0.4 is 0 Å². The van der Waals surface area contributed by atoms with Crippen LogP contribution in [0.25, 0.3) is 0 Å². The molecule has 2 aliphatic rings. The molecule has 0 fully saturated rings. The lowest BCUT2D eigenvalue weighted by Gasteiger charge is -2.06. The van der Waals surface area contributed by atoms with Gasteiger partial charge in [-0.1, -0.05) is 35.9 Å². The van der Waals surface area contributed by atoms with Crippen molar-refractivity contribution in [3.63, 3.8) is 0 Å². The van der Waals surface area contributed by atoms with E-state index in [2.05, 4.69) is 0 Å². The van der Waals surface area contributed by atoms with Crippen molar-refractivity contribution in [2.75, 3.05) is 0 Å². The second-order valence-corrected chi connectivity index (χ2v) is 3.06. The van der Waals surface area contributed by atoms with E-state index in [0.717, 1.165) is 5.57 Å². The summed E-state index contributed by atoms with van der Waals surface area (Å²) in [6.07, 6.45) is 8.10. The fraction of sp³-hybridized carbons (Fsp3) is 0.222. The standard InChI is InChI=1S/C9H7ClO2/c10-8-6-4-2-1-3-5-7(6)12-9(8)11/h1-4,7H,5H2. The van der Waals surface area contributed by atoms with Crippen LogP contribution >= 0.6 is 11.6 Å². The first-order valence-corrected chi connectivity index (χ1v) is 4.10. The smallest absolute Gasteiger partial charge is 0.350 e. The summed E-state index contributed by atoms with van der Waals surface area (Å²) in [6, 6.07) is 0. The Morgan fingerprint density at radius 1 is 1.50 bits per heavy atom. The van der Waals surface area contributed by atoms with Gasteiger partial charge in [0.15, 0.2) is 0 Å². The maximum atomic E-state index is 11.0. The van der Waals surface area contributed by atoms with E-state index in [1.54, 1.807) is 0 Å². The molecule has 0 bridgehead atoms. The lowest BCUT2D eigenvalue weighted by atomic mass is 10.1. The Balaban J connectivity index is 2.40. The summed E-state index contributed by atoms with van der Waals surface area (Å²) in [4.78, 5) is 11.0. The maximum Gasteiger partial charge on any atom is 0.350 e. The summed E-state index contributed by atoms with van der Waals surface area (Å²) in [5.41, 5.74) is 0.798. The average molecular weight is 183 g/mol. The molecule has 0 saturated heterocycles. The van der Waals surface area contributed by atoms with E-state index in [1.165, 1.54) is 0 Å². The van der Waals surface area contributed by atoms with Crippen molar-refractivity contribution in [2.45, 2.75) is 12.5 Å². The highest BCUT2D eigenvalue weighted by Crippen LogP contribution is 2.29. The molecule has 62 valence electrons. The van der Waals surface area contributed by atoms with Gasteiger partial charge in [0, 0.05) is 12.0 Å². The highest BCUT2D eigenvalue weighted by atomic mass is 35.5. The average Bonchev–Trinajstić information content (AvgIpc) is 2.30. The third-order valence-electron chi connectivity index (χ3n) is 1.90. The van der Waals surface area contributed by atoms with Crippen molar-refractivity contribution in [3.8, 4) is 0 Å². The number of allylic oxidation sites excluding steroid dienone is 2. The van der Waals surface area contributed by atoms with Crippen LogP contribution in [0.3, 0.4) is 0 Å². The monoisotopic (exact) mass is 182 g/mol. The summed E-state index contributed by atoms with van der Waals surface area (Å²) >= 11 is 5.73. The van der Waals surface area contributed by atoms with Gasteiger partial charge in [0.25, 0.3) is 0 Å². The molecule has 3 heteroatoms. The molecule has 1 aliphatic heterocycles. The minimum Gasteiger partial charge on any atom is -0.453 e. The van der Waals surface area contributed by atoms with Gasteiger partial charge in [-0.3, -0.25) is 0 Å². The molecule has 1 unspecified atom stereocenters. The Labute approximate surface area is 75.2 Å².